The number of anilines is 1. The van der Waals surface area contributed by atoms with Crippen LogP contribution in [0, 0.1) is 0 Å². The van der Waals surface area contributed by atoms with Crippen molar-refractivity contribution in [1.82, 2.24) is 15.2 Å². The van der Waals surface area contributed by atoms with E-state index in [1.165, 1.54) is 12.8 Å². The predicted molar refractivity (Wildman–Crippen MR) is 92.6 cm³/mol. The van der Waals surface area contributed by atoms with Crippen LogP contribution < -0.4 is 5.32 Å². The number of rotatable bonds is 5. The molecule has 4 rings (SSSR count). The lowest BCUT2D eigenvalue weighted by Gasteiger charge is -2.06. The molecule has 0 radical (unpaired) electrons. The second-order valence-electron chi connectivity index (χ2n) is 6.11. The number of nitrogens with one attached hydrogen (secondary N) is 2. The molecule has 1 fully saturated rings. The number of benzene rings is 2. The Morgan fingerprint density at radius 1 is 1.12 bits per heavy atom. The third-order valence-corrected chi connectivity index (χ3v) is 4.08. The van der Waals surface area contributed by atoms with E-state index in [1.54, 1.807) is 0 Å². The fourth-order valence-electron chi connectivity index (χ4n) is 2.67. The van der Waals surface area contributed by atoms with Gasteiger partial charge in [0.1, 0.15) is 5.82 Å². The van der Waals surface area contributed by atoms with E-state index in [9.17, 15) is 4.79 Å². The highest BCUT2D eigenvalue weighted by Gasteiger charge is 2.27. The molecule has 0 spiro atoms. The summed E-state index contributed by atoms with van der Waals surface area (Å²) in [6.07, 6.45) is 2.73. The number of hydrogen-bond acceptors (Lipinski definition) is 3. The van der Waals surface area contributed by atoms with Crippen molar-refractivity contribution in [1.29, 1.82) is 0 Å². The fraction of sp³-hybridized carbons (Fsp3) is 0.211. The third kappa shape index (κ3) is 3.35. The average Bonchev–Trinajstić information content (AvgIpc) is 3.33. The van der Waals surface area contributed by atoms with Gasteiger partial charge in [0.15, 0.2) is 5.82 Å². The van der Waals surface area contributed by atoms with Crippen LogP contribution in [-0.2, 0) is 11.2 Å². The maximum absolute atomic E-state index is 12.2. The monoisotopic (exact) mass is 318 g/mol. The molecule has 1 saturated carbocycles. The van der Waals surface area contributed by atoms with Gasteiger partial charge in [-0.1, -0.05) is 42.5 Å². The molecule has 5 heteroatoms. The summed E-state index contributed by atoms with van der Waals surface area (Å²) < 4.78 is 0. The minimum absolute atomic E-state index is 0.0352. The summed E-state index contributed by atoms with van der Waals surface area (Å²) in [5, 5.41) is 10.2. The van der Waals surface area contributed by atoms with Crippen LogP contribution in [0.1, 0.15) is 30.1 Å². The molecule has 1 aliphatic carbocycles. The molecule has 0 saturated heterocycles. The molecule has 1 aliphatic rings. The number of carbonyl (C=O) groups is 1. The number of nitrogens with zero attached hydrogens (tertiary/aromatic N) is 2. The Labute approximate surface area is 140 Å². The molecule has 1 aromatic heterocycles. The van der Waals surface area contributed by atoms with Gasteiger partial charge in [0, 0.05) is 17.2 Å². The summed E-state index contributed by atoms with van der Waals surface area (Å²) in [6, 6.07) is 17.3. The molecular weight excluding hydrogens is 300 g/mol. The lowest BCUT2D eigenvalue weighted by atomic mass is 10.1. The largest absolute Gasteiger partial charge is 0.326 e. The number of H-pyrrole nitrogens is 1. The van der Waals surface area contributed by atoms with E-state index >= 15 is 0 Å². The predicted octanol–water partition coefficient (Wildman–Crippen LogP) is 3.53. The van der Waals surface area contributed by atoms with Crippen molar-refractivity contribution in [3.05, 3.63) is 66.0 Å². The Bertz CT molecular complexity index is 853. The van der Waals surface area contributed by atoms with Crippen molar-refractivity contribution in [2.24, 2.45) is 0 Å². The summed E-state index contributed by atoms with van der Waals surface area (Å²) in [7, 11) is 0. The summed E-state index contributed by atoms with van der Waals surface area (Å²) in [5.74, 6) is 2.14. The summed E-state index contributed by atoms with van der Waals surface area (Å²) in [4.78, 5) is 16.7. The van der Waals surface area contributed by atoms with Crippen LogP contribution in [0.25, 0.3) is 11.4 Å². The molecule has 24 heavy (non-hydrogen) atoms. The molecule has 120 valence electrons. The highest BCUT2D eigenvalue weighted by molar-refractivity contribution is 5.92. The van der Waals surface area contributed by atoms with Crippen LogP contribution in [0.5, 0.6) is 0 Å². The van der Waals surface area contributed by atoms with E-state index in [1.807, 2.05) is 54.6 Å². The van der Waals surface area contributed by atoms with Crippen molar-refractivity contribution < 1.29 is 4.79 Å². The topological polar surface area (TPSA) is 70.7 Å². The SMILES string of the molecule is O=C(Cc1ccccc1)Nc1cccc(-c2n[nH]c(C3CC3)n2)c1. The van der Waals surface area contributed by atoms with Crippen molar-refractivity contribution in [2.75, 3.05) is 5.32 Å². The lowest BCUT2D eigenvalue weighted by molar-refractivity contribution is -0.115. The first-order valence-electron chi connectivity index (χ1n) is 8.14. The Morgan fingerprint density at radius 2 is 1.96 bits per heavy atom. The molecule has 3 aromatic rings. The van der Waals surface area contributed by atoms with Crippen LogP contribution >= 0.6 is 0 Å². The van der Waals surface area contributed by atoms with Gasteiger partial charge in [0.25, 0.3) is 0 Å². The molecule has 0 atom stereocenters. The Kier molecular flexibility index (Phi) is 3.83. The van der Waals surface area contributed by atoms with E-state index in [0.717, 1.165) is 22.6 Å². The number of aromatic nitrogens is 3. The molecule has 1 heterocycles. The van der Waals surface area contributed by atoms with Gasteiger partial charge in [-0.2, -0.15) is 5.10 Å². The standard InChI is InChI=1S/C19H18N4O/c24-17(11-13-5-2-1-3-6-13)20-16-8-4-7-15(12-16)19-21-18(22-23-19)14-9-10-14/h1-8,12,14H,9-11H2,(H,20,24)(H,21,22,23). The third-order valence-electron chi connectivity index (χ3n) is 4.08. The molecule has 0 bridgehead atoms. The molecule has 0 aliphatic heterocycles. The van der Waals surface area contributed by atoms with E-state index in [4.69, 9.17) is 0 Å². The van der Waals surface area contributed by atoms with Crippen LogP contribution in [0.2, 0.25) is 0 Å². The Morgan fingerprint density at radius 3 is 2.75 bits per heavy atom. The summed E-state index contributed by atoms with van der Waals surface area (Å²) in [5.41, 5.74) is 2.65. The van der Waals surface area contributed by atoms with Gasteiger partial charge >= 0.3 is 0 Å². The van der Waals surface area contributed by atoms with E-state index in [0.29, 0.717) is 18.2 Å². The minimum Gasteiger partial charge on any atom is -0.326 e. The van der Waals surface area contributed by atoms with Crippen LogP contribution in [0.4, 0.5) is 5.69 Å². The first kappa shape index (κ1) is 14.6. The Balaban J connectivity index is 1.46. The molecule has 5 nitrogen and oxygen atoms in total. The van der Waals surface area contributed by atoms with Gasteiger partial charge < -0.3 is 5.32 Å². The number of hydrogen-bond donors (Lipinski definition) is 2. The van der Waals surface area contributed by atoms with Gasteiger partial charge in [0.2, 0.25) is 5.91 Å². The van der Waals surface area contributed by atoms with Gasteiger partial charge in [-0.15, -0.1) is 0 Å². The second-order valence-corrected chi connectivity index (χ2v) is 6.11. The zero-order valence-electron chi connectivity index (χ0n) is 13.2. The average molecular weight is 318 g/mol. The van der Waals surface area contributed by atoms with Gasteiger partial charge in [0.05, 0.1) is 6.42 Å². The number of amides is 1. The first-order chi connectivity index (χ1) is 11.8. The zero-order valence-corrected chi connectivity index (χ0v) is 13.2. The highest BCUT2D eigenvalue weighted by atomic mass is 16.1. The molecule has 2 N–H and O–H groups in total. The van der Waals surface area contributed by atoms with Crippen LogP contribution in [0.3, 0.4) is 0 Å². The zero-order chi connectivity index (χ0) is 16.4. The van der Waals surface area contributed by atoms with E-state index in [-0.39, 0.29) is 5.91 Å². The van der Waals surface area contributed by atoms with Crippen molar-refractivity contribution in [3.63, 3.8) is 0 Å². The van der Waals surface area contributed by atoms with Gasteiger partial charge in [-0.3, -0.25) is 9.89 Å². The van der Waals surface area contributed by atoms with E-state index in [2.05, 4.69) is 20.5 Å². The molecular formula is C19H18N4O. The fourth-order valence-corrected chi connectivity index (χ4v) is 2.67. The molecule has 2 aromatic carbocycles. The van der Waals surface area contributed by atoms with E-state index < -0.39 is 0 Å². The van der Waals surface area contributed by atoms with Crippen molar-refractivity contribution in [2.45, 2.75) is 25.2 Å². The second kappa shape index (κ2) is 6.28. The molecule has 0 unspecified atom stereocenters. The molecule has 1 amide bonds. The maximum Gasteiger partial charge on any atom is 0.228 e. The Hall–Kier alpha value is -2.95. The van der Waals surface area contributed by atoms with Crippen molar-refractivity contribution >= 4 is 11.6 Å². The smallest absolute Gasteiger partial charge is 0.228 e. The normalized spacial score (nSPS) is 13.7. The van der Waals surface area contributed by atoms with Crippen molar-refractivity contribution in [3.8, 4) is 11.4 Å². The van der Waals surface area contributed by atoms with Crippen LogP contribution in [-0.4, -0.2) is 21.1 Å². The first-order valence-corrected chi connectivity index (χ1v) is 8.14. The van der Waals surface area contributed by atoms with Crippen LogP contribution in [0.15, 0.2) is 54.6 Å². The lowest BCUT2D eigenvalue weighted by Crippen LogP contribution is -2.14. The highest BCUT2D eigenvalue weighted by Crippen LogP contribution is 2.38. The summed E-state index contributed by atoms with van der Waals surface area (Å²) >= 11 is 0. The number of aromatic amines is 1. The van der Waals surface area contributed by atoms with Gasteiger partial charge in [-0.25, -0.2) is 4.98 Å². The quantitative estimate of drug-likeness (QED) is 0.756. The summed E-state index contributed by atoms with van der Waals surface area (Å²) in [6.45, 7) is 0. The minimum atomic E-state index is -0.0352. The number of carbonyl (C=O) groups excluding carboxylic acids is 1. The maximum atomic E-state index is 12.2. The van der Waals surface area contributed by atoms with Gasteiger partial charge in [-0.05, 0) is 30.5 Å².